The third-order valence-corrected chi connectivity index (χ3v) is 4.18. The summed E-state index contributed by atoms with van der Waals surface area (Å²) in [7, 11) is 0. The zero-order valence-corrected chi connectivity index (χ0v) is 16.2. The molecule has 0 aliphatic heterocycles. The fourth-order valence-corrected chi connectivity index (χ4v) is 2.53. The van der Waals surface area contributed by atoms with Crippen LogP contribution in [0.4, 0.5) is 5.69 Å². The van der Waals surface area contributed by atoms with Gasteiger partial charge in [0.15, 0.2) is 0 Å². The smallest absolute Gasteiger partial charge is 0.271 e. The molecule has 0 aliphatic carbocycles. The van der Waals surface area contributed by atoms with Crippen LogP contribution in [-0.2, 0) is 0 Å². The highest BCUT2D eigenvalue weighted by Crippen LogP contribution is 2.15. The quantitative estimate of drug-likeness (QED) is 0.278. The van der Waals surface area contributed by atoms with Gasteiger partial charge in [0.05, 0.1) is 17.2 Å². The summed E-state index contributed by atoms with van der Waals surface area (Å²) in [5.74, 6) is 0.364. The molecule has 0 unspecified atom stereocenters. The van der Waals surface area contributed by atoms with E-state index in [4.69, 9.17) is 4.74 Å². The minimum absolute atomic E-state index is 0.0244. The number of nitrogens with one attached hydrogen (secondary N) is 1. The van der Waals surface area contributed by atoms with Gasteiger partial charge in [-0.2, -0.15) is 5.10 Å². The summed E-state index contributed by atoms with van der Waals surface area (Å²) in [5, 5.41) is 14.9. The SMILES string of the molecule is CCCCCCOc1ccc(C(=O)NN=C(C)c2cccc([N+](=O)[O-])c2)cc1. The van der Waals surface area contributed by atoms with Crippen LogP contribution in [0.25, 0.3) is 0 Å². The first-order chi connectivity index (χ1) is 13.5. The lowest BCUT2D eigenvalue weighted by Gasteiger charge is -2.07. The summed E-state index contributed by atoms with van der Waals surface area (Å²) >= 11 is 0. The zero-order chi connectivity index (χ0) is 20.4. The van der Waals surface area contributed by atoms with Gasteiger partial charge < -0.3 is 4.74 Å². The molecule has 2 aromatic carbocycles. The van der Waals surface area contributed by atoms with Crippen LogP contribution in [0.3, 0.4) is 0 Å². The lowest BCUT2D eigenvalue weighted by atomic mass is 10.1. The number of unbranched alkanes of at least 4 members (excludes halogenated alkanes) is 3. The number of nitro benzene ring substituents is 1. The summed E-state index contributed by atoms with van der Waals surface area (Å²) < 4.78 is 5.66. The standard InChI is InChI=1S/C21H25N3O4/c1-3-4-5-6-14-28-20-12-10-17(11-13-20)21(25)23-22-16(2)18-8-7-9-19(15-18)24(26)27/h7-13,15H,3-6,14H2,1-2H3,(H,23,25). The predicted octanol–water partition coefficient (Wildman–Crippen LogP) is 4.71. The summed E-state index contributed by atoms with van der Waals surface area (Å²) in [4.78, 5) is 22.6. The number of hydrazone groups is 1. The molecule has 7 heteroatoms. The van der Waals surface area contributed by atoms with Gasteiger partial charge in [-0.15, -0.1) is 0 Å². The second-order valence-corrected chi connectivity index (χ2v) is 6.38. The van der Waals surface area contributed by atoms with Crippen LogP contribution in [0.2, 0.25) is 0 Å². The average Bonchev–Trinajstić information content (AvgIpc) is 2.72. The van der Waals surface area contributed by atoms with Crippen molar-refractivity contribution in [2.75, 3.05) is 6.61 Å². The number of carbonyl (C=O) groups excluding carboxylic acids is 1. The molecule has 28 heavy (non-hydrogen) atoms. The summed E-state index contributed by atoms with van der Waals surface area (Å²) in [6, 6.07) is 13.0. The van der Waals surface area contributed by atoms with E-state index in [-0.39, 0.29) is 11.6 Å². The second-order valence-electron chi connectivity index (χ2n) is 6.38. The van der Waals surface area contributed by atoms with Gasteiger partial charge in [0, 0.05) is 23.3 Å². The Hall–Kier alpha value is -3.22. The van der Waals surface area contributed by atoms with E-state index in [9.17, 15) is 14.9 Å². The van der Waals surface area contributed by atoms with Gasteiger partial charge in [0.1, 0.15) is 5.75 Å². The van der Waals surface area contributed by atoms with Crippen LogP contribution in [0.15, 0.2) is 53.6 Å². The van der Waals surface area contributed by atoms with E-state index in [1.54, 1.807) is 43.3 Å². The largest absolute Gasteiger partial charge is 0.494 e. The molecule has 7 nitrogen and oxygen atoms in total. The first kappa shape index (κ1) is 21.1. The molecule has 0 radical (unpaired) electrons. The third kappa shape index (κ3) is 6.50. The maximum atomic E-state index is 12.2. The van der Waals surface area contributed by atoms with Gasteiger partial charge >= 0.3 is 0 Å². The van der Waals surface area contributed by atoms with Gasteiger partial charge in [0.2, 0.25) is 0 Å². The molecule has 1 amide bonds. The molecule has 0 aromatic heterocycles. The first-order valence-corrected chi connectivity index (χ1v) is 9.33. The lowest BCUT2D eigenvalue weighted by Crippen LogP contribution is -2.19. The number of non-ortho nitro benzene ring substituents is 1. The highest BCUT2D eigenvalue weighted by molar-refractivity contribution is 6.01. The van der Waals surface area contributed by atoms with Gasteiger partial charge in [-0.1, -0.05) is 38.3 Å². The van der Waals surface area contributed by atoms with Crippen molar-refractivity contribution in [2.24, 2.45) is 5.10 Å². The molecule has 0 fully saturated rings. The van der Waals surface area contributed by atoms with Crippen LogP contribution in [0.1, 0.15) is 55.5 Å². The van der Waals surface area contributed by atoms with Gasteiger partial charge in [-0.25, -0.2) is 5.43 Å². The molecule has 0 saturated heterocycles. The Labute approximate surface area is 164 Å². The Morgan fingerprint density at radius 3 is 2.54 bits per heavy atom. The summed E-state index contributed by atoms with van der Waals surface area (Å²) in [6.07, 6.45) is 4.56. The molecule has 2 rings (SSSR count). The molecule has 0 aliphatic rings. The van der Waals surface area contributed by atoms with Crippen molar-refractivity contribution in [3.63, 3.8) is 0 Å². The number of amides is 1. The average molecular weight is 383 g/mol. The Kier molecular flexibility index (Phi) is 8.14. The Morgan fingerprint density at radius 2 is 1.86 bits per heavy atom. The van der Waals surface area contributed by atoms with Crippen molar-refractivity contribution in [1.29, 1.82) is 0 Å². The van der Waals surface area contributed by atoms with Crippen LogP contribution in [0.5, 0.6) is 5.75 Å². The van der Waals surface area contributed by atoms with Crippen LogP contribution >= 0.6 is 0 Å². The number of hydrogen-bond donors (Lipinski definition) is 1. The van der Waals surface area contributed by atoms with Crippen molar-refractivity contribution in [2.45, 2.75) is 39.5 Å². The molecule has 0 bridgehead atoms. The van der Waals surface area contributed by atoms with Crippen LogP contribution in [0, 0.1) is 10.1 Å². The highest BCUT2D eigenvalue weighted by atomic mass is 16.6. The maximum absolute atomic E-state index is 12.2. The van der Waals surface area contributed by atoms with E-state index in [0.717, 1.165) is 18.6 Å². The van der Waals surface area contributed by atoms with Gasteiger partial charge in [-0.05, 0) is 37.6 Å². The number of benzene rings is 2. The molecule has 0 saturated carbocycles. The molecule has 148 valence electrons. The zero-order valence-electron chi connectivity index (χ0n) is 16.2. The number of nitro groups is 1. The van der Waals surface area contributed by atoms with E-state index in [1.165, 1.54) is 25.0 Å². The fraction of sp³-hybridized carbons (Fsp3) is 0.333. The van der Waals surface area contributed by atoms with Crippen LogP contribution in [-0.4, -0.2) is 23.1 Å². The molecule has 2 aromatic rings. The van der Waals surface area contributed by atoms with E-state index < -0.39 is 4.92 Å². The molecular formula is C21H25N3O4. The van der Waals surface area contributed by atoms with E-state index in [0.29, 0.717) is 23.4 Å². The number of carbonyl (C=O) groups is 1. The number of nitrogens with zero attached hydrogens (tertiary/aromatic N) is 2. The number of hydrogen-bond acceptors (Lipinski definition) is 5. The van der Waals surface area contributed by atoms with Crippen LogP contribution < -0.4 is 10.2 Å². The lowest BCUT2D eigenvalue weighted by molar-refractivity contribution is -0.384. The Morgan fingerprint density at radius 1 is 1.11 bits per heavy atom. The monoisotopic (exact) mass is 383 g/mol. The molecule has 0 heterocycles. The minimum atomic E-state index is -0.469. The summed E-state index contributed by atoms with van der Waals surface area (Å²) in [5.41, 5.74) is 3.95. The molecule has 1 N–H and O–H groups in total. The Bertz CT molecular complexity index is 832. The summed E-state index contributed by atoms with van der Waals surface area (Å²) in [6.45, 7) is 4.51. The van der Waals surface area contributed by atoms with Crippen molar-refractivity contribution in [3.05, 3.63) is 69.8 Å². The molecule has 0 spiro atoms. The number of rotatable bonds is 10. The van der Waals surface area contributed by atoms with Crippen molar-refractivity contribution >= 4 is 17.3 Å². The molecule has 0 atom stereocenters. The number of ether oxygens (including phenoxy) is 1. The topological polar surface area (TPSA) is 93.8 Å². The van der Waals surface area contributed by atoms with Gasteiger partial charge in [0.25, 0.3) is 11.6 Å². The second kappa shape index (κ2) is 10.8. The van der Waals surface area contributed by atoms with Crippen molar-refractivity contribution in [3.8, 4) is 5.75 Å². The third-order valence-electron chi connectivity index (χ3n) is 4.18. The van der Waals surface area contributed by atoms with E-state index >= 15 is 0 Å². The van der Waals surface area contributed by atoms with Gasteiger partial charge in [-0.3, -0.25) is 14.9 Å². The van der Waals surface area contributed by atoms with Crippen molar-refractivity contribution in [1.82, 2.24) is 5.43 Å². The van der Waals surface area contributed by atoms with E-state index in [2.05, 4.69) is 17.5 Å². The maximum Gasteiger partial charge on any atom is 0.271 e. The van der Waals surface area contributed by atoms with Crippen molar-refractivity contribution < 1.29 is 14.5 Å². The highest BCUT2D eigenvalue weighted by Gasteiger charge is 2.09. The predicted molar refractivity (Wildman–Crippen MR) is 109 cm³/mol. The minimum Gasteiger partial charge on any atom is -0.494 e. The first-order valence-electron chi connectivity index (χ1n) is 9.33. The Balaban J connectivity index is 1.90. The van der Waals surface area contributed by atoms with E-state index in [1.807, 2.05) is 0 Å². The molecular weight excluding hydrogens is 358 g/mol. The normalized spacial score (nSPS) is 11.1. The fourth-order valence-electron chi connectivity index (χ4n) is 2.53.